The minimum Gasteiger partial charge on any atom is -0.486 e. The summed E-state index contributed by atoms with van der Waals surface area (Å²) in [4.78, 5) is 0. The quantitative estimate of drug-likeness (QED) is 0.859. The fourth-order valence-electron chi connectivity index (χ4n) is 1.78. The number of anilines is 1. The molecule has 0 atom stereocenters. The van der Waals surface area contributed by atoms with Crippen molar-refractivity contribution in [1.82, 2.24) is 9.78 Å². The lowest BCUT2D eigenvalue weighted by Crippen LogP contribution is -2.07. The van der Waals surface area contributed by atoms with Gasteiger partial charge in [0.1, 0.15) is 12.4 Å². The first-order chi connectivity index (χ1) is 9.02. The summed E-state index contributed by atoms with van der Waals surface area (Å²) in [7, 11) is 0. The molecular weight excluding hydrogens is 330 g/mol. The monoisotopic (exact) mass is 343 g/mol. The second-order valence-corrected chi connectivity index (χ2v) is 5.37. The van der Waals surface area contributed by atoms with Crippen LogP contribution >= 0.6 is 27.5 Å². The molecule has 2 aromatic rings. The highest BCUT2D eigenvalue weighted by molar-refractivity contribution is 9.10. The second-order valence-electron chi connectivity index (χ2n) is 4.14. The number of aromatic nitrogens is 2. The number of nitrogens with two attached hydrogens (primary N) is 1. The third kappa shape index (κ3) is 3.04. The lowest BCUT2D eigenvalue weighted by Gasteiger charge is -2.10. The maximum Gasteiger partial charge on any atom is 0.136 e. The first-order valence-electron chi connectivity index (χ1n) is 5.92. The zero-order valence-electron chi connectivity index (χ0n) is 10.8. The molecule has 0 aliphatic heterocycles. The minimum atomic E-state index is 0.357. The topological polar surface area (TPSA) is 53.1 Å². The summed E-state index contributed by atoms with van der Waals surface area (Å²) in [5.74, 6) is 0.692. The number of nitrogen functional groups attached to an aromatic ring is 1. The van der Waals surface area contributed by atoms with Crippen molar-refractivity contribution in [2.24, 2.45) is 0 Å². The van der Waals surface area contributed by atoms with Crippen molar-refractivity contribution < 1.29 is 4.74 Å². The van der Waals surface area contributed by atoms with E-state index in [4.69, 9.17) is 22.1 Å². The van der Waals surface area contributed by atoms with Crippen LogP contribution in [0.3, 0.4) is 0 Å². The number of benzene rings is 1. The predicted octanol–water partition coefficient (Wildman–Crippen LogP) is 3.79. The van der Waals surface area contributed by atoms with Crippen LogP contribution in [0.25, 0.3) is 0 Å². The van der Waals surface area contributed by atoms with Crippen molar-refractivity contribution in [2.75, 3.05) is 5.73 Å². The Morgan fingerprint density at radius 3 is 2.89 bits per heavy atom. The Morgan fingerprint density at radius 1 is 1.47 bits per heavy atom. The molecule has 0 bridgehead atoms. The third-order valence-electron chi connectivity index (χ3n) is 2.77. The van der Waals surface area contributed by atoms with Gasteiger partial charge in [0.25, 0.3) is 0 Å². The SMILES string of the molecule is CCn1nc(C)c(Cl)c1COc1cc(N)ccc1Br. The number of aryl methyl sites for hydroxylation is 2. The largest absolute Gasteiger partial charge is 0.486 e. The van der Waals surface area contributed by atoms with Crippen molar-refractivity contribution in [3.05, 3.63) is 39.1 Å². The molecule has 1 aromatic carbocycles. The lowest BCUT2D eigenvalue weighted by atomic mass is 10.3. The van der Waals surface area contributed by atoms with E-state index in [1.165, 1.54) is 0 Å². The van der Waals surface area contributed by atoms with Crippen LogP contribution in [-0.2, 0) is 13.2 Å². The highest BCUT2D eigenvalue weighted by Gasteiger charge is 2.13. The molecule has 19 heavy (non-hydrogen) atoms. The van der Waals surface area contributed by atoms with E-state index in [0.29, 0.717) is 23.1 Å². The number of halogens is 2. The van der Waals surface area contributed by atoms with Crippen LogP contribution in [0.2, 0.25) is 5.02 Å². The van der Waals surface area contributed by atoms with Gasteiger partial charge < -0.3 is 10.5 Å². The predicted molar refractivity (Wildman–Crippen MR) is 80.5 cm³/mol. The van der Waals surface area contributed by atoms with E-state index in [9.17, 15) is 0 Å². The molecule has 0 saturated heterocycles. The van der Waals surface area contributed by atoms with E-state index in [2.05, 4.69) is 21.0 Å². The minimum absolute atomic E-state index is 0.357. The van der Waals surface area contributed by atoms with Crippen molar-refractivity contribution in [3.63, 3.8) is 0 Å². The summed E-state index contributed by atoms with van der Waals surface area (Å²) >= 11 is 9.66. The van der Waals surface area contributed by atoms with Gasteiger partial charge in [-0.1, -0.05) is 11.6 Å². The Hall–Kier alpha value is -1.20. The lowest BCUT2D eigenvalue weighted by molar-refractivity contribution is 0.291. The maximum absolute atomic E-state index is 6.23. The fourth-order valence-corrected chi connectivity index (χ4v) is 2.33. The summed E-state index contributed by atoms with van der Waals surface area (Å²) in [5, 5.41) is 5.00. The maximum atomic E-state index is 6.23. The summed E-state index contributed by atoms with van der Waals surface area (Å²) in [6.07, 6.45) is 0. The molecule has 6 heteroatoms. The van der Waals surface area contributed by atoms with E-state index < -0.39 is 0 Å². The van der Waals surface area contributed by atoms with Crippen LogP contribution < -0.4 is 10.5 Å². The Morgan fingerprint density at radius 2 is 2.21 bits per heavy atom. The summed E-state index contributed by atoms with van der Waals surface area (Å²) < 4.78 is 8.47. The molecule has 0 spiro atoms. The standard InChI is InChI=1S/C13H15BrClN3O/c1-3-18-11(13(15)8(2)17-18)7-19-12-6-9(16)4-5-10(12)14/h4-6H,3,7,16H2,1-2H3. The van der Waals surface area contributed by atoms with Gasteiger partial charge in [0.15, 0.2) is 0 Å². The van der Waals surface area contributed by atoms with E-state index in [0.717, 1.165) is 22.4 Å². The van der Waals surface area contributed by atoms with Crippen LogP contribution in [0, 0.1) is 6.92 Å². The molecule has 0 fully saturated rings. The van der Waals surface area contributed by atoms with Crippen LogP contribution in [0.4, 0.5) is 5.69 Å². The van der Waals surface area contributed by atoms with Gasteiger partial charge in [-0.15, -0.1) is 0 Å². The zero-order chi connectivity index (χ0) is 14.0. The molecule has 2 N–H and O–H groups in total. The van der Waals surface area contributed by atoms with Gasteiger partial charge in [0.2, 0.25) is 0 Å². The second kappa shape index (κ2) is 5.84. The van der Waals surface area contributed by atoms with E-state index in [1.807, 2.05) is 30.7 Å². The number of nitrogens with zero attached hydrogens (tertiary/aromatic N) is 2. The van der Waals surface area contributed by atoms with Crippen molar-refractivity contribution in [3.8, 4) is 5.75 Å². The molecular formula is C13H15BrClN3O. The average Bonchev–Trinajstić information content (AvgIpc) is 2.66. The molecule has 4 nitrogen and oxygen atoms in total. The first kappa shape index (κ1) is 14.2. The van der Waals surface area contributed by atoms with Gasteiger partial charge in [-0.3, -0.25) is 4.68 Å². The Kier molecular flexibility index (Phi) is 4.37. The van der Waals surface area contributed by atoms with Crippen molar-refractivity contribution in [2.45, 2.75) is 27.0 Å². The normalized spacial score (nSPS) is 10.7. The molecule has 1 aromatic heterocycles. The summed E-state index contributed by atoms with van der Waals surface area (Å²) in [6, 6.07) is 5.44. The van der Waals surface area contributed by atoms with Gasteiger partial charge in [-0.25, -0.2) is 0 Å². The molecule has 0 aliphatic carbocycles. The van der Waals surface area contributed by atoms with Crippen molar-refractivity contribution in [1.29, 1.82) is 0 Å². The molecule has 0 unspecified atom stereocenters. The fraction of sp³-hybridized carbons (Fsp3) is 0.308. The smallest absolute Gasteiger partial charge is 0.136 e. The highest BCUT2D eigenvalue weighted by atomic mass is 79.9. The zero-order valence-corrected chi connectivity index (χ0v) is 13.1. The molecule has 2 rings (SSSR count). The van der Waals surface area contributed by atoms with Gasteiger partial charge in [0.05, 0.1) is 20.9 Å². The Bertz CT molecular complexity index is 598. The third-order valence-corrected chi connectivity index (χ3v) is 3.92. The highest BCUT2D eigenvalue weighted by Crippen LogP contribution is 2.29. The van der Waals surface area contributed by atoms with Crippen molar-refractivity contribution >= 4 is 33.2 Å². The Labute approximate surface area is 125 Å². The summed E-state index contributed by atoms with van der Waals surface area (Å²) in [6.45, 7) is 5.01. The van der Waals surface area contributed by atoms with Gasteiger partial charge >= 0.3 is 0 Å². The molecule has 0 aliphatic rings. The summed E-state index contributed by atoms with van der Waals surface area (Å²) in [5.41, 5.74) is 8.08. The van der Waals surface area contributed by atoms with Gasteiger partial charge in [-0.2, -0.15) is 5.10 Å². The van der Waals surface area contributed by atoms with Crippen LogP contribution in [0.5, 0.6) is 5.75 Å². The first-order valence-corrected chi connectivity index (χ1v) is 7.09. The molecule has 102 valence electrons. The van der Waals surface area contributed by atoms with E-state index in [1.54, 1.807) is 6.07 Å². The average molecular weight is 345 g/mol. The van der Waals surface area contributed by atoms with Crippen LogP contribution in [0.1, 0.15) is 18.3 Å². The van der Waals surface area contributed by atoms with Gasteiger partial charge in [0, 0.05) is 18.3 Å². The number of hydrogen-bond acceptors (Lipinski definition) is 3. The van der Waals surface area contributed by atoms with E-state index >= 15 is 0 Å². The molecule has 1 heterocycles. The van der Waals surface area contributed by atoms with Crippen LogP contribution in [-0.4, -0.2) is 9.78 Å². The van der Waals surface area contributed by atoms with Gasteiger partial charge in [-0.05, 0) is 41.9 Å². The molecule has 0 amide bonds. The number of ether oxygens (including phenoxy) is 1. The Balaban J connectivity index is 2.21. The molecule has 0 saturated carbocycles. The van der Waals surface area contributed by atoms with E-state index in [-0.39, 0.29) is 0 Å². The number of hydrogen-bond donors (Lipinski definition) is 1. The van der Waals surface area contributed by atoms with Crippen LogP contribution in [0.15, 0.2) is 22.7 Å². The number of rotatable bonds is 4. The molecule has 0 radical (unpaired) electrons.